The largest absolute Gasteiger partial charge is 0.348 e. The lowest BCUT2D eigenvalue weighted by Crippen LogP contribution is -2.25. The zero-order chi connectivity index (χ0) is 22.3. The number of rotatable bonds is 10. The first kappa shape index (κ1) is 22.0. The molecule has 2 N–H and O–H groups in total. The lowest BCUT2D eigenvalue weighted by atomic mass is 10.1. The Labute approximate surface area is 191 Å². The number of nitrogens with zero attached hydrogens (tertiary/aromatic N) is 4. The van der Waals surface area contributed by atoms with Crippen LogP contribution in [0.5, 0.6) is 0 Å². The van der Waals surface area contributed by atoms with Gasteiger partial charge in [-0.3, -0.25) is 9.59 Å². The average Bonchev–Trinajstić information content (AvgIpc) is 3.48. The fourth-order valence-electron chi connectivity index (χ4n) is 3.07. The minimum atomic E-state index is -0.176. The van der Waals surface area contributed by atoms with Crippen LogP contribution in [0.2, 0.25) is 0 Å². The van der Waals surface area contributed by atoms with Crippen molar-refractivity contribution >= 4 is 29.3 Å². The van der Waals surface area contributed by atoms with Gasteiger partial charge in [0.2, 0.25) is 5.91 Å². The molecule has 0 unspecified atom stereocenters. The van der Waals surface area contributed by atoms with Gasteiger partial charge in [0, 0.05) is 24.0 Å². The van der Waals surface area contributed by atoms with Gasteiger partial charge in [0.25, 0.3) is 5.91 Å². The SMILES string of the molecule is CCCCc1ccc(NC(=O)CSc2cc(-n3ccc(C(=O)NC4CC4)n3)ncn2)cc1. The zero-order valence-corrected chi connectivity index (χ0v) is 18.8. The van der Waals surface area contributed by atoms with E-state index in [-0.39, 0.29) is 23.6 Å². The number of thioether (sulfide) groups is 1. The predicted octanol–water partition coefficient (Wildman–Crippen LogP) is 3.63. The van der Waals surface area contributed by atoms with Crippen molar-refractivity contribution in [2.45, 2.75) is 50.1 Å². The average molecular weight is 451 g/mol. The molecule has 0 radical (unpaired) electrons. The van der Waals surface area contributed by atoms with Gasteiger partial charge in [-0.1, -0.05) is 37.2 Å². The van der Waals surface area contributed by atoms with E-state index in [0.29, 0.717) is 16.5 Å². The summed E-state index contributed by atoms with van der Waals surface area (Å²) < 4.78 is 1.54. The Morgan fingerprint density at radius 2 is 1.97 bits per heavy atom. The molecule has 1 aliphatic rings. The molecule has 9 heteroatoms. The molecular weight excluding hydrogens is 424 g/mol. The van der Waals surface area contributed by atoms with Crippen molar-refractivity contribution in [1.82, 2.24) is 25.1 Å². The van der Waals surface area contributed by atoms with Gasteiger partial charge in [-0.15, -0.1) is 0 Å². The molecule has 1 fully saturated rings. The van der Waals surface area contributed by atoms with E-state index in [1.54, 1.807) is 18.3 Å². The molecular formula is C23H26N6O2S. The van der Waals surface area contributed by atoms with Crippen LogP contribution < -0.4 is 10.6 Å². The number of aromatic nitrogens is 4. The molecule has 1 saturated carbocycles. The van der Waals surface area contributed by atoms with Crippen LogP contribution >= 0.6 is 11.8 Å². The molecule has 0 atom stereocenters. The highest BCUT2D eigenvalue weighted by molar-refractivity contribution is 7.99. The van der Waals surface area contributed by atoms with E-state index in [2.05, 4.69) is 44.8 Å². The first-order valence-corrected chi connectivity index (χ1v) is 11.8. The molecule has 1 aromatic carbocycles. The van der Waals surface area contributed by atoms with Crippen molar-refractivity contribution < 1.29 is 9.59 Å². The van der Waals surface area contributed by atoms with E-state index < -0.39 is 0 Å². The third-order valence-corrected chi connectivity index (χ3v) is 5.93. The first-order chi connectivity index (χ1) is 15.6. The number of carbonyl (C=O) groups excluding carboxylic acids is 2. The maximum atomic E-state index is 12.3. The molecule has 0 saturated heterocycles. The van der Waals surface area contributed by atoms with E-state index in [4.69, 9.17) is 0 Å². The second kappa shape index (κ2) is 10.4. The van der Waals surface area contributed by atoms with E-state index in [9.17, 15) is 9.59 Å². The van der Waals surface area contributed by atoms with Crippen LogP contribution in [-0.2, 0) is 11.2 Å². The van der Waals surface area contributed by atoms with Gasteiger partial charge in [0.05, 0.1) is 5.75 Å². The Hall–Kier alpha value is -3.20. The van der Waals surface area contributed by atoms with Crippen LogP contribution in [0.3, 0.4) is 0 Å². The number of hydrogen-bond donors (Lipinski definition) is 2. The zero-order valence-electron chi connectivity index (χ0n) is 18.0. The Morgan fingerprint density at radius 1 is 1.16 bits per heavy atom. The standard InChI is InChI=1S/C23H26N6O2S/c1-2-3-4-16-5-7-17(8-6-16)26-21(30)14-32-22-13-20(24-15-25-22)29-12-11-19(28-29)23(31)27-18-9-10-18/h5-8,11-13,15,18H,2-4,9-10,14H2,1H3,(H,26,30)(H,27,31). The number of anilines is 1. The summed E-state index contributed by atoms with van der Waals surface area (Å²) in [5.74, 6) is 0.484. The van der Waals surface area contributed by atoms with Crippen LogP contribution in [0.15, 0.2) is 53.9 Å². The van der Waals surface area contributed by atoms with E-state index in [1.165, 1.54) is 28.3 Å². The Morgan fingerprint density at radius 3 is 2.72 bits per heavy atom. The Bertz CT molecular complexity index is 1080. The molecule has 166 valence electrons. The number of hydrogen-bond acceptors (Lipinski definition) is 6. The summed E-state index contributed by atoms with van der Waals surface area (Å²) in [6, 6.07) is 11.7. The summed E-state index contributed by atoms with van der Waals surface area (Å²) in [5, 5.41) is 10.8. The molecule has 0 bridgehead atoms. The van der Waals surface area contributed by atoms with Crippen molar-refractivity contribution in [2.75, 3.05) is 11.1 Å². The van der Waals surface area contributed by atoms with Gasteiger partial charge in [0.15, 0.2) is 11.5 Å². The van der Waals surface area contributed by atoms with Crippen molar-refractivity contribution in [3.63, 3.8) is 0 Å². The molecule has 3 aromatic rings. The number of nitrogens with one attached hydrogen (secondary N) is 2. The van der Waals surface area contributed by atoms with E-state index in [0.717, 1.165) is 37.8 Å². The third kappa shape index (κ3) is 6.16. The van der Waals surface area contributed by atoms with Crippen molar-refractivity contribution in [3.8, 4) is 5.82 Å². The number of unbranched alkanes of at least 4 members (excludes halogenated alkanes) is 1. The van der Waals surface area contributed by atoms with Crippen molar-refractivity contribution in [1.29, 1.82) is 0 Å². The quantitative estimate of drug-likeness (QED) is 0.361. The van der Waals surface area contributed by atoms with Crippen LogP contribution in [-0.4, -0.2) is 43.4 Å². The molecule has 1 aliphatic carbocycles. The third-order valence-electron chi connectivity index (χ3n) is 5.00. The van der Waals surface area contributed by atoms with Crippen LogP contribution in [0, 0.1) is 0 Å². The van der Waals surface area contributed by atoms with Crippen LogP contribution in [0.25, 0.3) is 5.82 Å². The summed E-state index contributed by atoms with van der Waals surface area (Å²) in [4.78, 5) is 32.9. The second-order valence-electron chi connectivity index (χ2n) is 7.75. The van der Waals surface area contributed by atoms with Gasteiger partial charge >= 0.3 is 0 Å². The fraction of sp³-hybridized carbons (Fsp3) is 0.348. The maximum Gasteiger partial charge on any atom is 0.272 e. The fourth-order valence-corrected chi connectivity index (χ4v) is 3.73. The first-order valence-electron chi connectivity index (χ1n) is 10.8. The lowest BCUT2D eigenvalue weighted by molar-refractivity contribution is -0.113. The minimum absolute atomic E-state index is 0.102. The minimum Gasteiger partial charge on any atom is -0.348 e. The van der Waals surface area contributed by atoms with Crippen LogP contribution in [0.1, 0.15) is 48.7 Å². The van der Waals surface area contributed by atoms with Crippen LogP contribution in [0.4, 0.5) is 5.69 Å². The summed E-state index contributed by atoms with van der Waals surface area (Å²) in [5.41, 5.74) is 2.41. The number of carbonyl (C=O) groups is 2. The monoisotopic (exact) mass is 450 g/mol. The normalized spacial score (nSPS) is 13.0. The van der Waals surface area contributed by atoms with E-state index >= 15 is 0 Å². The summed E-state index contributed by atoms with van der Waals surface area (Å²) in [7, 11) is 0. The number of amides is 2. The molecule has 2 aromatic heterocycles. The van der Waals surface area contributed by atoms with Gasteiger partial charge in [-0.05, 0) is 49.4 Å². The van der Waals surface area contributed by atoms with Gasteiger partial charge < -0.3 is 10.6 Å². The lowest BCUT2D eigenvalue weighted by Gasteiger charge is -2.07. The molecule has 32 heavy (non-hydrogen) atoms. The number of aryl methyl sites for hydroxylation is 1. The van der Waals surface area contributed by atoms with Gasteiger partial charge in [-0.2, -0.15) is 5.10 Å². The summed E-state index contributed by atoms with van der Waals surface area (Å²) in [6.45, 7) is 2.17. The molecule has 8 nitrogen and oxygen atoms in total. The Balaban J connectivity index is 1.30. The Kier molecular flexibility index (Phi) is 7.16. The summed E-state index contributed by atoms with van der Waals surface area (Å²) in [6.07, 6.45) is 8.55. The predicted molar refractivity (Wildman–Crippen MR) is 124 cm³/mol. The molecule has 0 spiro atoms. The topological polar surface area (TPSA) is 102 Å². The number of benzene rings is 1. The van der Waals surface area contributed by atoms with Gasteiger partial charge in [0.1, 0.15) is 11.4 Å². The molecule has 4 rings (SSSR count). The highest BCUT2D eigenvalue weighted by Gasteiger charge is 2.24. The highest BCUT2D eigenvalue weighted by atomic mass is 32.2. The van der Waals surface area contributed by atoms with Crippen molar-refractivity contribution in [3.05, 3.63) is 60.2 Å². The van der Waals surface area contributed by atoms with Gasteiger partial charge in [-0.25, -0.2) is 14.6 Å². The molecule has 2 amide bonds. The smallest absolute Gasteiger partial charge is 0.272 e. The summed E-state index contributed by atoms with van der Waals surface area (Å²) >= 11 is 1.32. The highest BCUT2D eigenvalue weighted by Crippen LogP contribution is 2.20. The van der Waals surface area contributed by atoms with E-state index in [1.807, 2.05) is 12.1 Å². The van der Waals surface area contributed by atoms with Crippen molar-refractivity contribution in [2.24, 2.45) is 0 Å². The maximum absolute atomic E-state index is 12.3. The molecule has 2 heterocycles. The molecule has 0 aliphatic heterocycles. The second-order valence-corrected chi connectivity index (χ2v) is 8.74.